The maximum atomic E-state index is 9.52. The van der Waals surface area contributed by atoms with Gasteiger partial charge in [-0.05, 0) is 29.7 Å². The summed E-state index contributed by atoms with van der Waals surface area (Å²) in [6.07, 6.45) is 5.23. The Morgan fingerprint density at radius 1 is 1.11 bits per heavy atom. The summed E-state index contributed by atoms with van der Waals surface area (Å²) in [6.45, 7) is 5.13. The van der Waals surface area contributed by atoms with Gasteiger partial charge in [0, 0.05) is 45.4 Å². The molecule has 2 aromatic rings. The number of nitrogens with zero attached hydrogens (tertiary/aromatic N) is 2. The number of benzene rings is 2. The molecule has 0 amide bonds. The molecule has 0 aliphatic carbocycles. The third kappa shape index (κ3) is 5.93. The van der Waals surface area contributed by atoms with E-state index in [0.29, 0.717) is 6.04 Å². The van der Waals surface area contributed by atoms with Gasteiger partial charge in [-0.15, -0.1) is 0 Å². The van der Waals surface area contributed by atoms with Gasteiger partial charge in [-0.3, -0.25) is 9.80 Å². The van der Waals surface area contributed by atoms with Crippen LogP contribution in [0.1, 0.15) is 17.5 Å². The summed E-state index contributed by atoms with van der Waals surface area (Å²) in [5.74, 6) is 0.899. The van der Waals surface area contributed by atoms with Gasteiger partial charge in [0.25, 0.3) is 0 Å². The molecule has 1 saturated heterocycles. The summed E-state index contributed by atoms with van der Waals surface area (Å²) < 4.78 is 5.34. The van der Waals surface area contributed by atoms with Crippen LogP contribution in [0.5, 0.6) is 5.75 Å². The number of aliphatic hydroxyl groups is 1. The lowest BCUT2D eigenvalue weighted by molar-refractivity contribution is 0.0596. The van der Waals surface area contributed by atoms with Gasteiger partial charge >= 0.3 is 0 Å². The Balaban J connectivity index is 1.56. The number of ether oxygens (including phenoxy) is 1. The van der Waals surface area contributed by atoms with Crippen LogP contribution in [-0.4, -0.2) is 60.8 Å². The minimum Gasteiger partial charge on any atom is -0.497 e. The standard InChI is InChI=1S/C23H30N2O2/c1-27-23-11-5-9-21(17-23)18-25-15-14-24(19-22(25)12-16-26)13-6-10-20-7-3-2-4-8-20/h2-11,17,22,26H,12-16,18-19H2,1H3. The lowest BCUT2D eigenvalue weighted by Crippen LogP contribution is -2.52. The van der Waals surface area contributed by atoms with Gasteiger partial charge in [0.1, 0.15) is 5.75 Å². The molecule has 2 aromatic carbocycles. The number of piperazine rings is 1. The van der Waals surface area contributed by atoms with Crippen LogP contribution >= 0.6 is 0 Å². The predicted octanol–water partition coefficient (Wildman–Crippen LogP) is 3.28. The van der Waals surface area contributed by atoms with Crippen molar-refractivity contribution in [2.75, 3.05) is 39.9 Å². The van der Waals surface area contributed by atoms with Crippen molar-refractivity contribution in [2.24, 2.45) is 0 Å². The van der Waals surface area contributed by atoms with Gasteiger partial charge in [0.15, 0.2) is 0 Å². The summed E-state index contributed by atoms with van der Waals surface area (Å²) in [6, 6.07) is 19.1. The first-order chi connectivity index (χ1) is 13.3. The molecular formula is C23H30N2O2. The molecule has 1 unspecified atom stereocenters. The maximum absolute atomic E-state index is 9.52. The first kappa shape index (κ1) is 19.6. The van der Waals surface area contributed by atoms with E-state index >= 15 is 0 Å². The smallest absolute Gasteiger partial charge is 0.119 e. The van der Waals surface area contributed by atoms with Crippen LogP contribution in [0.3, 0.4) is 0 Å². The highest BCUT2D eigenvalue weighted by atomic mass is 16.5. The van der Waals surface area contributed by atoms with Crippen LogP contribution in [0.2, 0.25) is 0 Å². The van der Waals surface area contributed by atoms with Crippen LogP contribution in [0.15, 0.2) is 60.7 Å². The number of hydrogen-bond donors (Lipinski definition) is 1. The number of rotatable bonds is 8. The molecule has 0 spiro atoms. The van der Waals surface area contributed by atoms with Gasteiger partial charge in [-0.25, -0.2) is 0 Å². The first-order valence-corrected chi connectivity index (χ1v) is 9.70. The van der Waals surface area contributed by atoms with Crippen LogP contribution in [0.4, 0.5) is 0 Å². The largest absolute Gasteiger partial charge is 0.497 e. The van der Waals surface area contributed by atoms with Crippen molar-refractivity contribution in [3.8, 4) is 5.75 Å². The molecule has 4 nitrogen and oxygen atoms in total. The minimum atomic E-state index is 0.229. The van der Waals surface area contributed by atoms with Crippen LogP contribution in [0.25, 0.3) is 6.08 Å². The lowest BCUT2D eigenvalue weighted by Gasteiger charge is -2.41. The van der Waals surface area contributed by atoms with E-state index in [1.807, 2.05) is 18.2 Å². The van der Waals surface area contributed by atoms with E-state index < -0.39 is 0 Å². The molecule has 0 aromatic heterocycles. The molecule has 0 saturated carbocycles. The Hall–Kier alpha value is -2.14. The van der Waals surface area contributed by atoms with E-state index in [4.69, 9.17) is 4.74 Å². The van der Waals surface area contributed by atoms with Crippen LogP contribution in [-0.2, 0) is 6.54 Å². The summed E-state index contributed by atoms with van der Waals surface area (Å²) in [5, 5.41) is 9.52. The van der Waals surface area contributed by atoms with Crippen LogP contribution in [0, 0.1) is 0 Å². The normalized spacial score (nSPS) is 18.8. The Morgan fingerprint density at radius 2 is 1.96 bits per heavy atom. The predicted molar refractivity (Wildman–Crippen MR) is 111 cm³/mol. The van der Waals surface area contributed by atoms with E-state index in [1.54, 1.807) is 7.11 Å². The Morgan fingerprint density at radius 3 is 2.74 bits per heavy atom. The van der Waals surface area contributed by atoms with Crippen molar-refractivity contribution in [3.63, 3.8) is 0 Å². The second-order valence-electron chi connectivity index (χ2n) is 7.06. The summed E-state index contributed by atoms with van der Waals surface area (Å²) in [7, 11) is 1.70. The summed E-state index contributed by atoms with van der Waals surface area (Å²) >= 11 is 0. The number of aliphatic hydroxyl groups excluding tert-OH is 1. The van der Waals surface area contributed by atoms with Crippen molar-refractivity contribution in [3.05, 3.63) is 71.8 Å². The molecule has 1 heterocycles. The first-order valence-electron chi connectivity index (χ1n) is 9.70. The number of methoxy groups -OCH3 is 1. The lowest BCUT2D eigenvalue weighted by atomic mass is 10.1. The van der Waals surface area contributed by atoms with Crippen molar-refractivity contribution in [2.45, 2.75) is 19.0 Å². The monoisotopic (exact) mass is 366 g/mol. The fourth-order valence-electron chi connectivity index (χ4n) is 3.66. The van der Waals surface area contributed by atoms with Gasteiger partial charge in [0.05, 0.1) is 7.11 Å². The topological polar surface area (TPSA) is 35.9 Å². The van der Waals surface area contributed by atoms with Gasteiger partial charge < -0.3 is 9.84 Å². The van der Waals surface area contributed by atoms with Gasteiger partial charge in [0.2, 0.25) is 0 Å². The highest BCUT2D eigenvalue weighted by Gasteiger charge is 2.26. The molecule has 4 heteroatoms. The number of hydrogen-bond acceptors (Lipinski definition) is 4. The molecule has 0 bridgehead atoms. The molecule has 1 N–H and O–H groups in total. The molecule has 27 heavy (non-hydrogen) atoms. The van der Waals surface area contributed by atoms with Crippen molar-refractivity contribution in [1.82, 2.24) is 9.80 Å². The van der Waals surface area contributed by atoms with E-state index in [2.05, 4.69) is 58.4 Å². The molecule has 1 aliphatic heterocycles. The molecule has 0 radical (unpaired) electrons. The van der Waals surface area contributed by atoms with E-state index in [0.717, 1.165) is 44.9 Å². The third-order valence-electron chi connectivity index (χ3n) is 5.14. The highest BCUT2D eigenvalue weighted by Crippen LogP contribution is 2.19. The van der Waals surface area contributed by atoms with E-state index in [9.17, 15) is 5.11 Å². The van der Waals surface area contributed by atoms with E-state index in [1.165, 1.54) is 11.1 Å². The zero-order chi connectivity index (χ0) is 18.9. The van der Waals surface area contributed by atoms with Crippen molar-refractivity contribution < 1.29 is 9.84 Å². The molecule has 1 fully saturated rings. The Labute approximate surface area is 162 Å². The fraction of sp³-hybridized carbons (Fsp3) is 0.391. The molecule has 3 rings (SSSR count). The van der Waals surface area contributed by atoms with Gasteiger partial charge in [-0.2, -0.15) is 0 Å². The minimum absolute atomic E-state index is 0.229. The van der Waals surface area contributed by atoms with Crippen molar-refractivity contribution >= 4 is 6.08 Å². The zero-order valence-electron chi connectivity index (χ0n) is 16.1. The molecule has 1 aliphatic rings. The second kappa shape index (κ2) is 10.3. The zero-order valence-corrected chi connectivity index (χ0v) is 16.1. The van der Waals surface area contributed by atoms with Crippen LogP contribution < -0.4 is 4.74 Å². The third-order valence-corrected chi connectivity index (χ3v) is 5.14. The Kier molecular flexibility index (Phi) is 7.45. The maximum Gasteiger partial charge on any atom is 0.119 e. The van der Waals surface area contributed by atoms with Gasteiger partial charge in [-0.1, -0.05) is 54.6 Å². The SMILES string of the molecule is COc1cccc(CN2CCN(CC=Cc3ccccc3)CC2CCO)c1. The quantitative estimate of drug-likeness (QED) is 0.778. The molecule has 1 atom stereocenters. The fourth-order valence-corrected chi connectivity index (χ4v) is 3.66. The second-order valence-corrected chi connectivity index (χ2v) is 7.06. The van der Waals surface area contributed by atoms with Crippen molar-refractivity contribution in [1.29, 1.82) is 0 Å². The molecular weight excluding hydrogens is 336 g/mol. The molecule has 144 valence electrons. The van der Waals surface area contributed by atoms with E-state index in [-0.39, 0.29) is 6.61 Å². The Bertz CT molecular complexity index is 717. The highest BCUT2D eigenvalue weighted by molar-refractivity contribution is 5.48. The average molecular weight is 367 g/mol. The summed E-state index contributed by atoms with van der Waals surface area (Å²) in [5.41, 5.74) is 2.50. The summed E-state index contributed by atoms with van der Waals surface area (Å²) in [4.78, 5) is 4.96. The average Bonchev–Trinajstić information content (AvgIpc) is 2.71.